The molecule has 9 heavy (non-hydrogen) atoms. The molecule has 0 bridgehead atoms. The molecule has 1 aliphatic heterocycles. The maximum atomic E-state index is 5.10. The van der Waals surface area contributed by atoms with Crippen molar-refractivity contribution >= 4 is 0 Å². The van der Waals surface area contributed by atoms with Crippen molar-refractivity contribution in [1.82, 2.24) is 0 Å². The van der Waals surface area contributed by atoms with Gasteiger partial charge in [0.25, 0.3) is 0 Å². The lowest BCUT2D eigenvalue weighted by atomic mass is 10.7. The lowest BCUT2D eigenvalue weighted by Gasteiger charge is -1.97. The van der Waals surface area contributed by atoms with Gasteiger partial charge in [-0.25, -0.2) is 0 Å². The lowest BCUT2D eigenvalue weighted by molar-refractivity contribution is 0.0629. The molecule has 1 rings (SSSR count). The van der Waals surface area contributed by atoms with Gasteiger partial charge in [0.2, 0.25) is 0 Å². The van der Waals surface area contributed by atoms with Gasteiger partial charge in [-0.3, -0.25) is 0 Å². The Bertz CT molecular complexity index is 36.8. The second-order valence-electron chi connectivity index (χ2n) is 1.84. The summed E-state index contributed by atoms with van der Waals surface area (Å²) in [6, 6.07) is 0. The standard InChI is InChI=1S/C6H12O3/c1-2-8-5-6-9-4-3-7-1/h1-6H2. The van der Waals surface area contributed by atoms with E-state index in [2.05, 4.69) is 0 Å². The van der Waals surface area contributed by atoms with E-state index >= 15 is 0 Å². The minimum absolute atomic E-state index is 0.698. The zero-order valence-electron chi connectivity index (χ0n) is 5.47. The molecule has 0 spiro atoms. The number of ether oxygens (including phenoxy) is 3. The van der Waals surface area contributed by atoms with Crippen LogP contribution in [0.5, 0.6) is 0 Å². The van der Waals surface area contributed by atoms with E-state index in [1.807, 2.05) is 0 Å². The van der Waals surface area contributed by atoms with Crippen molar-refractivity contribution < 1.29 is 14.2 Å². The molecule has 0 aromatic carbocycles. The third kappa shape index (κ3) is 3.46. The maximum absolute atomic E-state index is 5.10. The molecule has 0 radical (unpaired) electrons. The molecule has 0 saturated carbocycles. The van der Waals surface area contributed by atoms with Gasteiger partial charge in [-0.1, -0.05) is 0 Å². The van der Waals surface area contributed by atoms with Gasteiger partial charge in [0, 0.05) is 0 Å². The van der Waals surface area contributed by atoms with Crippen LogP contribution in [0.1, 0.15) is 0 Å². The number of rotatable bonds is 0. The summed E-state index contributed by atoms with van der Waals surface area (Å²) in [6.45, 7) is 4.19. The van der Waals surface area contributed by atoms with E-state index in [1.165, 1.54) is 0 Å². The predicted molar refractivity (Wildman–Crippen MR) is 32.5 cm³/mol. The van der Waals surface area contributed by atoms with Crippen LogP contribution in [-0.4, -0.2) is 39.6 Å². The first-order valence-corrected chi connectivity index (χ1v) is 3.23. The molecule has 0 aromatic heterocycles. The fourth-order valence-corrected chi connectivity index (χ4v) is 0.660. The first kappa shape index (κ1) is 6.99. The van der Waals surface area contributed by atoms with Gasteiger partial charge in [0.15, 0.2) is 0 Å². The van der Waals surface area contributed by atoms with Crippen LogP contribution >= 0.6 is 0 Å². The van der Waals surface area contributed by atoms with Crippen LogP contribution in [0, 0.1) is 0 Å². The summed E-state index contributed by atoms with van der Waals surface area (Å²) in [5, 5.41) is 0. The molecular weight excluding hydrogens is 120 g/mol. The quantitative estimate of drug-likeness (QED) is 0.466. The third-order valence-corrected chi connectivity index (χ3v) is 1.12. The fraction of sp³-hybridized carbons (Fsp3) is 1.00. The lowest BCUT2D eigenvalue weighted by Crippen LogP contribution is -2.04. The van der Waals surface area contributed by atoms with Crippen molar-refractivity contribution in [3.8, 4) is 0 Å². The molecule has 0 unspecified atom stereocenters. The summed E-state index contributed by atoms with van der Waals surface area (Å²) >= 11 is 0. The van der Waals surface area contributed by atoms with Crippen molar-refractivity contribution in [1.29, 1.82) is 0 Å². The second-order valence-corrected chi connectivity index (χ2v) is 1.84. The Hall–Kier alpha value is -0.120. The smallest absolute Gasteiger partial charge is 0.0701 e. The topological polar surface area (TPSA) is 27.7 Å². The molecule has 1 fully saturated rings. The SMILES string of the molecule is C1COCCOCCO1. The van der Waals surface area contributed by atoms with Gasteiger partial charge in [-0.2, -0.15) is 0 Å². The molecule has 0 amide bonds. The third-order valence-electron chi connectivity index (χ3n) is 1.12. The van der Waals surface area contributed by atoms with Crippen LogP contribution in [0.15, 0.2) is 0 Å². The Kier molecular flexibility index (Phi) is 3.68. The van der Waals surface area contributed by atoms with Crippen LogP contribution in [0.2, 0.25) is 0 Å². The molecule has 0 N–H and O–H groups in total. The normalized spacial score (nSPS) is 24.0. The molecule has 54 valence electrons. The van der Waals surface area contributed by atoms with Crippen molar-refractivity contribution in [2.45, 2.75) is 0 Å². The number of hydrogen-bond acceptors (Lipinski definition) is 3. The Morgan fingerprint density at radius 1 is 0.444 bits per heavy atom. The largest absolute Gasteiger partial charge is 0.377 e. The van der Waals surface area contributed by atoms with Crippen LogP contribution in [-0.2, 0) is 14.2 Å². The molecule has 0 atom stereocenters. The fourth-order valence-electron chi connectivity index (χ4n) is 0.660. The molecule has 3 nitrogen and oxygen atoms in total. The minimum Gasteiger partial charge on any atom is -0.377 e. The van der Waals surface area contributed by atoms with Crippen molar-refractivity contribution in [2.24, 2.45) is 0 Å². The van der Waals surface area contributed by atoms with Crippen molar-refractivity contribution in [3.05, 3.63) is 0 Å². The zero-order chi connectivity index (χ0) is 6.36. The summed E-state index contributed by atoms with van der Waals surface area (Å²) in [5.74, 6) is 0. The highest BCUT2D eigenvalue weighted by Gasteiger charge is 1.94. The van der Waals surface area contributed by atoms with Crippen molar-refractivity contribution in [2.75, 3.05) is 39.6 Å². The van der Waals surface area contributed by atoms with E-state index in [4.69, 9.17) is 14.2 Å². The van der Waals surface area contributed by atoms with Crippen LogP contribution < -0.4 is 0 Å². The summed E-state index contributed by atoms with van der Waals surface area (Å²) in [5.41, 5.74) is 0. The molecule has 0 aromatic rings. The average Bonchev–Trinajstić information content (AvgIpc) is 2.00. The summed E-state index contributed by atoms with van der Waals surface area (Å²) < 4.78 is 15.3. The van der Waals surface area contributed by atoms with Gasteiger partial charge in [0.1, 0.15) is 0 Å². The maximum Gasteiger partial charge on any atom is 0.0701 e. The first-order chi connectivity index (χ1) is 4.50. The minimum atomic E-state index is 0.698. The highest BCUT2D eigenvalue weighted by Crippen LogP contribution is 1.85. The summed E-state index contributed by atoms with van der Waals surface area (Å²) in [4.78, 5) is 0. The van der Waals surface area contributed by atoms with E-state index in [0.29, 0.717) is 39.6 Å². The van der Waals surface area contributed by atoms with E-state index < -0.39 is 0 Å². The molecule has 3 heteroatoms. The van der Waals surface area contributed by atoms with E-state index in [0.717, 1.165) is 0 Å². The Balaban J connectivity index is 2.02. The van der Waals surface area contributed by atoms with Gasteiger partial charge in [-0.05, 0) is 0 Å². The molecule has 1 saturated heterocycles. The predicted octanol–water partition coefficient (Wildman–Crippen LogP) is 0.0498. The number of hydrogen-bond donors (Lipinski definition) is 0. The van der Waals surface area contributed by atoms with E-state index in [1.54, 1.807) is 0 Å². The first-order valence-electron chi connectivity index (χ1n) is 3.23. The summed E-state index contributed by atoms with van der Waals surface area (Å²) in [7, 11) is 0. The van der Waals surface area contributed by atoms with Crippen LogP contribution in [0.4, 0.5) is 0 Å². The van der Waals surface area contributed by atoms with Crippen LogP contribution in [0.25, 0.3) is 0 Å². The van der Waals surface area contributed by atoms with Gasteiger partial charge in [0.05, 0.1) is 39.6 Å². The second kappa shape index (κ2) is 4.73. The Morgan fingerprint density at radius 2 is 0.667 bits per heavy atom. The summed E-state index contributed by atoms with van der Waals surface area (Å²) in [6.07, 6.45) is 0. The van der Waals surface area contributed by atoms with Gasteiger partial charge >= 0.3 is 0 Å². The van der Waals surface area contributed by atoms with Crippen molar-refractivity contribution in [3.63, 3.8) is 0 Å². The zero-order valence-corrected chi connectivity index (χ0v) is 5.47. The van der Waals surface area contributed by atoms with E-state index in [-0.39, 0.29) is 0 Å². The monoisotopic (exact) mass is 132 g/mol. The molecule has 1 aliphatic rings. The highest BCUT2D eigenvalue weighted by molar-refractivity contribution is 4.37. The van der Waals surface area contributed by atoms with Gasteiger partial charge in [-0.15, -0.1) is 0 Å². The average molecular weight is 132 g/mol. The molecule has 1 heterocycles. The van der Waals surface area contributed by atoms with Crippen LogP contribution in [0.3, 0.4) is 0 Å². The molecular formula is C6H12O3. The van der Waals surface area contributed by atoms with E-state index in [9.17, 15) is 0 Å². The highest BCUT2D eigenvalue weighted by atomic mass is 16.6. The Morgan fingerprint density at radius 3 is 0.889 bits per heavy atom. The Labute approximate surface area is 54.9 Å². The van der Waals surface area contributed by atoms with Gasteiger partial charge < -0.3 is 14.2 Å². The molecule has 0 aliphatic carbocycles.